The molecule has 2 N–H and O–H groups in total. The highest BCUT2D eigenvalue weighted by molar-refractivity contribution is 6.33. The fraction of sp³-hybridized carbons (Fsp3) is 0.240. The van der Waals surface area contributed by atoms with Crippen molar-refractivity contribution in [2.75, 3.05) is 0 Å². The molecule has 3 aromatic rings. The van der Waals surface area contributed by atoms with Crippen LogP contribution in [0.1, 0.15) is 30.6 Å². The zero-order chi connectivity index (χ0) is 25.6. The number of rotatable bonds is 6. The van der Waals surface area contributed by atoms with E-state index in [1.165, 1.54) is 11.0 Å². The summed E-state index contributed by atoms with van der Waals surface area (Å²) < 4.78 is 38.7. The van der Waals surface area contributed by atoms with Crippen LogP contribution in [-0.4, -0.2) is 44.4 Å². The first-order valence-corrected chi connectivity index (χ1v) is 11.4. The minimum Gasteiger partial charge on any atom is -0.486 e. The summed E-state index contributed by atoms with van der Waals surface area (Å²) in [7, 11) is 0. The molecule has 186 valence electrons. The van der Waals surface area contributed by atoms with Crippen molar-refractivity contribution in [2.45, 2.75) is 38.0 Å². The molecule has 2 atom stereocenters. The SMILES string of the molecule is O=C(O)C1=C(c2ccc(OCc3cc(-c4c(F)ccc(F)c4Cl)no3)cc2)C[C@@H]2CC[C@H]1N2C(=O)O. The molecule has 2 aliphatic rings. The van der Waals surface area contributed by atoms with E-state index < -0.39 is 34.8 Å². The quantitative estimate of drug-likeness (QED) is 0.410. The van der Waals surface area contributed by atoms with Gasteiger partial charge in [-0.05, 0) is 54.7 Å². The van der Waals surface area contributed by atoms with Crippen molar-refractivity contribution in [3.8, 4) is 17.0 Å². The predicted molar refractivity (Wildman–Crippen MR) is 123 cm³/mol. The van der Waals surface area contributed by atoms with Crippen LogP contribution in [0, 0.1) is 11.6 Å². The van der Waals surface area contributed by atoms with Gasteiger partial charge in [-0.2, -0.15) is 0 Å². The normalized spacial score (nSPS) is 19.0. The Morgan fingerprint density at radius 2 is 1.83 bits per heavy atom. The van der Waals surface area contributed by atoms with E-state index in [1.54, 1.807) is 24.3 Å². The summed E-state index contributed by atoms with van der Waals surface area (Å²) in [6.07, 6.45) is 0.308. The summed E-state index contributed by atoms with van der Waals surface area (Å²) in [6.45, 7) is -0.0539. The zero-order valence-electron chi connectivity index (χ0n) is 18.6. The predicted octanol–water partition coefficient (Wildman–Crippen LogP) is 5.61. The molecule has 0 unspecified atom stereocenters. The van der Waals surface area contributed by atoms with E-state index in [4.69, 9.17) is 20.9 Å². The number of nitrogens with zero attached hydrogens (tertiary/aromatic N) is 2. The van der Waals surface area contributed by atoms with Gasteiger partial charge in [-0.3, -0.25) is 4.90 Å². The van der Waals surface area contributed by atoms with Crippen molar-refractivity contribution >= 4 is 29.2 Å². The summed E-state index contributed by atoms with van der Waals surface area (Å²) in [5.41, 5.74) is 1.23. The first kappa shape index (κ1) is 23.8. The molecule has 8 nitrogen and oxygen atoms in total. The van der Waals surface area contributed by atoms with Gasteiger partial charge in [0, 0.05) is 12.1 Å². The molecule has 11 heteroatoms. The first-order valence-electron chi connectivity index (χ1n) is 11.0. The number of amides is 1. The van der Waals surface area contributed by atoms with Gasteiger partial charge in [0.05, 0.1) is 22.2 Å². The Labute approximate surface area is 208 Å². The molecule has 0 spiro atoms. The second-order valence-corrected chi connectivity index (χ2v) is 8.93. The average Bonchev–Trinajstić information content (AvgIpc) is 3.43. The Hall–Kier alpha value is -3.92. The van der Waals surface area contributed by atoms with Crippen LogP contribution < -0.4 is 4.74 Å². The smallest absolute Gasteiger partial charge is 0.408 e. The number of hydrogen-bond donors (Lipinski definition) is 2. The van der Waals surface area contributed by atoms with Crippen molar-refractivity contribution in [1.82, 2.24) is 10.1 Å². The lowest BCUT2D eigenvalue weighted by atomic mass is 9.88. The molecule has 1 amide bonds. The molecule has 1 saturated heterocycles. The highest BCUT2D eigenvalue weighted by Gasteiger charge is 2.46. The third kappa shape index (κ3) is 4.17. The maximum Gasteiger partial charge on any atom is 0.408 e. The number of carboxylic acid groups (broad SMARTS) is 2. The van der Waals surface area contributed by atoms with Gasteiger partial charge in [0.25, 0.3) is 0 Å². The van der Waals surface area contributed by atoms with Crippen LogP contribution in [-0.2, 0) is 11.4 Å². The van der Waals surface area contributed by atoms with Gasteiger partial charge in [-0.1, -0.05) is 28.9 Å². The monoisotopic (exact) mass is 516 g/mol. The molecule has 1 aromatic heterocycles. The topological polar surface area (TPSA) is 113 Å². The molecule has 2 aliphatic heterocycles. The number of ether oxygens (including phenoxy) is 1. The second kappa shape index (κ2) is 9.27. The average molecular weight is 517 g/mol. The van der Waals surface area contributed by atoms with Gasteiger partial charge in [0.15, 0.2) is 5.76 Å². The number of fused-ring (bicyclic) bond motifs is 2. The van der Waals surface area contributed by atoms with E-state index in [0.717, 1.165) is 12.1 Å². The van der Waals surface area contributed by atoms with Crippen molar-refractivity contribution in [3.05, 3.63) is 76.0 Å². The minimum absolute atomic E-state index is 0.0291. The minimum atomic E-state index is -1.13. The maximum atomic E-state index is 14.1. The molecular formula is C25H19ClF2N2O6. The second-order valence-electron chi connectivity index (χ2n) is 8.55. The third-order valence-corrected chi connectivity index (χ3v) is 6.86. The molecule has 5 rings (SSSR count). The van der Waals surface area contributed by atoms with Gasteiger partial charge in [0.2, 0.25) is 0 Å². The molecule has 2 bridgehead atoms. The lowest BCUT2D eigenvalue weighted by Gasteiger charge is -2.34. The van der Waals surface area contributed by atoms with Crippen LogP contribution >= 0.6 is 11.6 Å². The Morgan fingerprint density at radius 1 is 1.11 bits per heavy atom. The number of aliphatic carboxylic acids is 1. The summed E-state index contributed by atoms with van der Waals surface area (Å²) in [4.78, 5) is 24.9. The highest BCUT2D eigenvalue weighted by atomic mass is 35.5. The zero-order valence-corrected chi connectivity index (χ0v) is 19.3. The fourth-order valence-electron chi connectivity index (χ4n) is 4.92. The Kier molecular flexibility index (Phi) is 6.13. The Balaban J connectivity index is 1.32. The van der Waals surface area contributed by atoms with E-state index in [1.807, 2.05) is 0 Å². The molecule has 0 aliphatic carbocycles. The number of halogens is 3. The number of aromatic nitrogens is 1. The molecule has 0 radical (unpaired) electrons. The van der Waals surface area contributed by atoms with Gasteiger partial charge in [-0.25, -0.2) is 18.4 Å². The molecule has 1 fully saturated rings. The lowest BCUT2D eigenvalue weighted by molar-refractivity contribution is -0.133. The van der Waals surface area contributed by atoms with Crippen molar-refractivity contribution < 1.29 is 37.8 Å². The Morgan fingerprint density at radius 3 is 2.53 bits per heavy atom. The number of carboxylic acids is 1. The van der Waals surface area contributed by atoms with Gasteiger partial charge in [-0.15, -0.1) is 0 Å². The molecule has 36 heavy (non-hydrogen) atoms. The molecular weight excluding hydrogens is 498 g/mol. The lowest BCUT2D eigenvalue weighted by Crippen LogP contribution is -2.45. The van der Waals surface area contributed by atoms with Gasteiger partial charge < -0.3 is 19.5 Å². The van der Waals surface area contributed by atoms with E-state index in [0.29, 0.717) is 36.1 Å². The standard InChI is InChI=1S/C25H19ClF2N2O6/c26-23-18(28)7-6-17(27)22(23)19-10-15(36-29-19)11-35-14-4-1-12(2-5-14)16-9-13-3-8-20(21(16)24(31)32)30(13)25(33)34/h1-2,4-7,10,13,20H,3,8-9,11H2,(H,31,32)(H,33,34)/t13-,20+/m0/s1. The summed E-state index contributed by atoms with van der Waals surface area (Å²) in [5.74, 6) is -1.94. The number of benzene rings is 2. The number of hydrogen-bond acceptors (Lipinski definition) is 5. The third-order valence-electron chi connectivity index (χ3n) is 6.49. The number of carbonyl (C=O) groups is 2. The van der Waals surface area contributed by atoms with Crippen LogP contribution in [0.4, 0.5) is 13.6 Å². The van der Waals surface area contributed by atoms with Gasteiger partial charge in [0.1, 0.15) is 29.7 Å². The van der Waals surface area contributed by atoms with Crippen LogP contribution in [0.15, 0.2) is 52.6 Å². The largest absolute Gasteiger partial charge is 0.486 e. The van der Waals surface area contributed by atoms with Crippen molar-refractivity contribution in [2.24, 2.45) is 0 Å². The van der Waals surface area contributed by atoms with E-state index in [9.17, 15) is 28.6 Å². The summed E-state index contributed by atoms with van der Waals surface area (Å²) >= 11 is 5.87. The summed E-state index contributed by atoms with van der Waals surface area (Å²) in [6, 6.07) is 9.11. The highest BCUT2D eigenvalue weighted by Crippen LogP contribution is 2.43. The van der Waals surface area contributed by atoms with Crippen LogP contribution in [0.2, 0.25) is 5.02 Å². The van der Waals surface area contributed by atoms with Crippen LogP contribution in [0.3, 0.4) is 0 Å². The van der Waals surface area contributed by atoms with Crippen molar-refractivity contribution in [3.63, 3.8) is 0 Å². The van der Waals surface area contributed by atoms with Crippen LogP contribution in [0.25, 0.3) is 16.8 Å². The molecule has 2 aromatic carbocycles. The fourth-order valence-corrected chi connectivity index (χ4v) is 5.17. The van der Waals surface area contributed by atoms with E-state index in [2.05, 4.69) is 5.16 Å². The van der Waals surface area contributed by atoms with E-state index >= 15 is 0 Å². The maximum absolute atomic E-state index is 14.1. The molecule has 0 saturated carbocycles. The molecule has 3 heterocycles. The van der Waals surface area contributed by atoms with Crippen LogP contribution in [0.5, 0.6) is 5.75 Å². The Bertz CT molecular complexity index is 1390. The first-order chi connectivity index (χ1) is 17.2. The summed E-state index contributed by atoms with van der Waals surface area (Å²) in [5, 5.41) is 22.7. The van der Waals surface area contributed by atoms with Gasteiger partial charge >= 0.3 is 12.1 Å². The van der Waals surface area contributed by atoms with Crippen molar-refractivity contribution in [1.29, 1.82) is 0 Å². The van der Waals surface area contributed by atoms with E-state index in [-0.39, 0.29) is 35.2 Å².